The van der Waals surface area contributed by atoms with Crippen LogP contribution in [0.3, 0.4) is 0 Å². The summed E-state index contributed by atoms with van der Waals surface area (Å²) in [7, 11) is 0. The molecule has 1 unspecified atom stereocenters. The van der Waals surface area contributed by atoms with Crippen LogP contribution in [0.25, 0.3) is 17.3 Å². The van der Waals surface area contributed by atoms with Gasteiger partial charge in [-0.15, -0.1) is 11.3 Å². The van der Waals surface area contributed by atoms with Crippen LogP contribution in [0.2, 0.25) is 0 Å². The number of ether oxygens (including phenoxy) is 1. The molecule has 1 heterocycles. The third-order valence-corrected chi connectivity index (χ3v) is 6.79. The Morgan fingerprint density at radius 3 is 2.49 bits per heavy atom. The molecule has 2 aromatic carbocycles. The number of carbonyl (C=O) groups is 2. The highest BCUT2D eigenvalue weighted by atomic mass is 32.1. The number of carboxylic acid groups (broad SMARTS) is 1. The predicted octanol–water partition coefficient (Wildman–Crippen LogP) is 8.02. The van der Waals surface area contributed by atoms with E-state index in [-0.39, 0.29) is 27.9 Å². The van der Waals surface area contributed by atoms with Crippen molar-refractivity contribution in [3.63, 3.8) is 0 Å². The zero-order valence-electron chi connectivity index (χ0n) is 22.0. The van der Waals surface area contributed by atoms with Gasteiger partial charge >= 0.3 is 5.97 Å². The molecule has 0 aliphatic rings. The second kappa shape index (κ2) is 14.0. The highest BCUT2D eigenvalue weighted by Crippen LogP contribution is 2.33. The Labute approximate surface area is 229 Å². The molecule has 6 nitrogen and oxygen atoms in total. The van der Waals surface area contributed by atoms with E-state index in [4.69, 9.17) is 9.84 Å². The van der Waals surface area contributed by atoms with Crippen LogP contribution in [0.5, 0.6) is 0 Å². The van der Waals surface area contributed by atoms with Gasteiger partial charge in [0.2, 0.25) is 0 Å². The normalized spacial score (nSPS) is 12.4. The summed E-state index contributed by atoms with van der Waals surface area (Å²) in [6.07, 6.45) is 4.97. The first-order chi connectivity index (χ1) is 18.7. The lowest BCUT2D eigenvalue weighted by Crippen LogP contribution is -2.13. The highest BCUT2D eigenvalue weighted by molar-refractivity contribution is 7.14. The Morgan fingerprint density at radius 1 is 1.13 bits per heavy atom. The Bertz CT molecular complexity index is 1330. The van der Waals surface area contributed by atoms with Crippen molar-refractivity contribution in [2.75, 3.05) is 11.9 Å². The van der Waals surface area contributed by atoms with Gasteiger partial charge in [-0.25, -0.2) is 22.9 Å². The van der Waals surface area contributed by atoms with Gasteiger partial charge in [0.25, 0.3) is 5.91 Å². The molecule has 0 aliphatic heterocycles. The van der Waals surface area contributed by atoms with E-state index in [1.54, 1.807) is 23.6 Å². The number of rotatable bonds is 13. The van der Waals surface area contributed by atoms with Gasteiger partial charge in [0, 0.05) is 39.8 Å². The monoisotopic (exact) mass is 560 g/mol. The molecule has 1 amide bonds. The van der Waals surface area contributed by atoms with Crippen molar-refractivity contribution in [2.45, 2.75) is 59.0 Å². The van der Waals surface area contributed by atoms with Crippen molar-refractivity contribution < 1.29 is 32.6 Å². The zero-order chi connectivity index (χ0) is 28.5. The zero-order valence-corrected chi connectivity index (χ0v) is 22.8. The molecule has 208 valence electrons. The van der Waals surface area contributed by atoms with E-state index >= 15 is 4.39 Å². The predicted molar refractivity (Wildman–Crippen MR) is 146 cm³/mol. The minimum absolute atomic E-state index is 0.118. The number of hydrogen-bond acceptors (Lipinski definition) is 5. The Morgan fingerprint density at radius 2 is 1.85 bits per heavy atom. The summed E-state index contributed by atoms with van der Waals surface area (Å²) in [4.78, 5) is 27.9. The standard InChI is InChI=1S/C29H31F3N2O4S/c1-4-6-7-12-38-25(9-5-2)20-11-8-10-19(26(20)32)24-16-39-29(33-24)34-27(35)18-14-22(30)21(23(31)15-18)13-17(3)28(36)37/h8,10-11,13-16,25H,4-7,9,12H2,1-3H3,(H,36,37)(H,33,34,35)/b17-13+. The number of hydrogen-bond donors (Lipinski definition) is 2. The maximum atomic E-state index is 15.6. The lowest BCUT2D eigenvalue weighted by Gasteiger charge is -2.19. The summed E-state index contributed by atoms with van der Waals surface area (Å²) in [6, 6.07) is 6.65. The second-order valence-corrected chi connectivity index (χ2v) is 9.90. The number of nitrogens with zero attached hydrogens (tertiary/aromatic N) is 1. The van der Waals surface area contributed by atoms with E-state index in [1.165, 1.54) is 6.92 Å². The maximum absolute atomic E-state index is 15.6. The number of unbranched alkanes of at least 4 members (excludes halogenated alkanes) is 2. The number of thiazole rings is 1. The van der Waals surface area contributed by atoms with E-state index in [0.29, 0.717) is 24.3 Å². The molecule has 10 heteroatoms. The van der Waals surface area contributed by atoms with E-state index < -0.39 is 34.9 Å². The molecule has 39 heavy (non-hydrogen) atoms. The number of carboxylic acids is 1. The first-order valence-corrected chi connectivity index (χ1v) is 13.6. The molecule has 0 radical (unpaired) electrons. The van der Waals surface area contributed by atoms with E-state index in [0.717, 1.165) is 55.2 Å². The first-order valence-electron chi connectivity index (χ1n) is 12.7. The van der Waals surface area contributed by atoms with Gasteiger partial charge in [0.05, 0.1) is 11.8 Å². The van der Waals surface area contributed by atoms with Crippen LogP contribution in [0.1, 0.15) is 80.5 Å². The largest absolute Gasteiger partial charge is 0.478 e. The van der Waals surface area contributed by atoms with E-state index in [9.17, 15) is 18.4 Å². The van der Waals surface area contributed by atoms with Crippen molar-refractivity contribution in [3.8, 4) is 11.3 Å². The van der Waals surface area contributed by atoms with Crippen LogP contribution in [-0.2, 0) is 9.53 Å². The molecule has 0 saturated carbocycles. The van der Waals surface area contributed by atoms with Crippen molar-refractivity contribution in [2.24, 2.45) is 0 Å². The van der Waals surface area contributed by atoms with Crippen molar-refractivity contribution in [1.82, 2.24) is 4.98 Å². The summed E-state index contributed by atoms with van der Waals surface area (Å²) in [5.74, 6) is -4.76. The first kappa shape index (κ1) is 30.0. The van der Waals surface area contributed by atoms with Crippen LogP contribution in [-0.4, -0.2) is 28.6 Å². The van der Waals surface area contributed by atoms with Crippen LogP contribution >= 0.6 is 11.3 Å². The maximum Gasteiger partial charge on any atom is 0.331 e. The third kappa shape index (κ3) is 7.77. The molecule has 1 atom stereocenters. The van der Waals surface area contributed by atoms with Gasteiger partial charge in [-0.1, -0.05) is 45.2 Å². The minimum atomic E-state index is -1.32. The van der Waals surface area contributed by atoms with Gasteiger partial charge in [-0.05, 0) is 44.0 Å². The minimum Gasteiger partial charge on any atom is -0.478 e. The quantitative estimate of drug-likeness (QED) is 0.163. The number of aliphatic carboxylic acids is 1. The highest BCUT2D eigenvalue weighted by Gasteiger charge is 2.21. The Balaban J connectivity index is 1.79. The number of benzene rings is 2. The van der Waals surface area contributed by atoms with Crippen LogP contribution < -0.4 is 5.32 Å². The fourth-order valence-electron chi connectivity index (χ4n) is 3.92. The topological polar surface area (TPSA) is 88.5 Å². The van der Waals surface area contributed by atoms with Crippen molar-refractivity contribution in [1.29, 1.82) is 0 Å². The fraction of sp³-hybridized carbons (Fsp3) is 0.345. The van der Waals surface area contributed by atoms with Gasteiger partial charge in [0.1, 0.15) is 17.5 Å². The fourth-order valence-corrected chi connectivity index (χ4v) is 4.63. The lowest BCUT2D eigenvalue weighted by molar-refractivity contribution is -0.132. The van der Waals surface area contributed by atoms with Gasteiger partial charge in [-0.3, -0.25) is 10.1 Å². The van der Waals surface area contributed by atoms with Crippen LogP contribution in [0.15, 0.2) is 41.3 Å². The molecule has 2 N–H and O–H groups in total. The molecular formula is C29H31F3N2O4S. The Hall–Kier alpha value is -3.50. The smallest absolute Gasteiger partial charge is 0.331 e. The molecule has 0 bridgehead atoms. The van der Waals surface area contributed by atoms with E-state index in [1.807, 2.05) is 6.92 Å². The molecule has 0 fully saturated rings. The number of anilines is 1. The van der Waals surface area contributed by atoms with Gasteiger partial charge < -0.3 is 9.84 Å². The SMILES string of the molecule is CCCCCOC(CCC)c1cccc(-c2csc(NC(=O)c3cc(F)c(/C=C(\C)C(=O)O)c(F)c3)n2)c1F. The molecule has 0 spiro atoms. The lowest BCUT2D eigenvalue weighted by atomic mass is 10.0. The molecule has 0 aliphatic carbocycles. The summed E-state index contributed by atoms with van der Waals surface area (Å²) >= 11 is 1.04. The summed E-state index contributed by atoms with van der Waals surface area (Å²) in [5, 5.41) is 13.1. The summed E-state index contributed by atoms with van der Waals surface area (Å²) < 4.78 is 50.5. The summed E-state index contributed by atoms with van der Waals surface area (Å²) in [5.41, 5.74) is -0.137. The molecule has 3 aromatic rings. The second-order valence-electron chi connectivity index (χ2n) is 9.04. The molecule has 1 aromatic heterocycles. The summed E-state index contributed by atoms with van der Waals surface area (Å²) in [6.45, 7) is 5.86. The number of amides is 1. The molecule has 3 rings (SSSR count). The number of nitrogens with one attached hydrogen (secondary N) is 1. The third-order valence-electron chi connectivity index (χ3n) is 6.03. The number of halogens is 3. The van der Waals surface area contributed by atoms with Gasteiger partial charge in [-0.2, -0.15) is 0 Å². The van der Waals surface area contributed by atoms with Gasteiger partial charge in [0.15, 0.2) is 5.13 Å². The van der Waals surface area contributed by atoms with Crippen LogP contribution in [0.4, 0.5) is 18.3 Å². The molecular weight excluding hydrogens is 529 g/mol. The van der Waals surface area contributed by atoms with Crippen molar-refractivity contribution >= 4 is 34.4 Å². The van der Waals surface area contributed by atoms with Crippen molar-refractivity contribution in [3.05, 3.63) is 75.4 Å². The van der Waals surface area contributed by atoms with Crippen LogP contribution in [0, 0.1) is 17.5 Å². The Kier molecular flexibility index (Phi) is 10.8. The molecule has 0 saturated heterocycles. The van der Waals surface area contributed by atoms with E-state index in [2.05, 4.69) is 17.2 Å². The number of aromatic nitrogens is 1. The average molecular weight is 561 g/mol. The average Bonchev–Trinajstić information content (AvgIpc) is 3.36. The number of carbonyl (C=O) groups excluding carboxylic acids is 1.